The number of rotatable bonds is 9. The molecular formula is C24H26N2O3. The number of ether oxygens (including phenoxy) is 1. The van der Waals surface area contributed by atoms with Gasteiger partial charge in [-0.2, -0.15) is 5.10 Å². The van der Waals surface area contributed by atoms with Gasteiger partial charge in [-0.25, -0.2) is 0 Å². The summed E-state index contributed by atoms with van der Waals surface area (Å²) >= 11 is 0. The van der Waals surface area contributed by atoms with Gasteiger partial charge in [0.25, 0.3) is 0 Å². The van der Waals surface area contributed by atoms with Crippen molar-refractivity contribution >= 4 is 16.9 Å². The lowest BCUT2D eigenvalue weighted by Crippen LogP contribution is -2.04. The summed E-state index contributed by atoms with van der Waals surface area (Å²) in [6, 6.07) is 14.0. The standard InChI is InChI=1S/C24H26N2O3/c1-2-4-19(13-24(27)28)18-9-11-21(12-10-18)29-16-20-5-3-6-23-22(20)14-25-26(23)15-17-7-8-17/h2-6,9-12,14,17,19H,7-8,13,15-16H2,1H3,(H,27,28)/t19-/m1/s1. The van der Waals surface area contributed by atoms with Gasteiger partial charge in [-0.05, 0) is 49.4 Å². The van der Waals surface area contributed by atoms with Crippen molar-refractivity contribution < 1.29 is 14.6 Å². The molecule has 1 N–H and O–H groups in total. The van der Waals surface area contributed by atoms with Crippen molar-refractivity contribution in [1.29, 1.82) is 0 Å². The van der Waals surface area contributed by atoms with Gasteiger partial charge in [-0.3, -0.25) is 9.48 Å². The minimum Gasteiger partial charge on any atom is -0.489 e. The zero-order chi connectivity index (χ0) is 20.2. The number of carboxylic acid groups (broad SMARTS) is 1. The molecule has 1 aliphatic rings. The first-order valence-electron chi connectivity index (χ1n) is 10.1. The van der Waals surface area contributed by atoms with Gasteiger partial charge >= 0.3 is 5.97 Å². The molecule has 4 rings (SSSR count). The summed E-state index contributed by atoms with van der Waals surface area (Å²) < 4.78 is 8.11. The summed E-state index contributed by atoms with van der Waals surface area (Å²) in [6.45, 7) is 3.37. The minimum absolute atomic E-state index is 0.0807. The molecule has 3 aromatic rings. The lowest BCUT2D eigenvalue weighted by Gasteiger charge is -2.12. The van der Waals surface area contributed by atoms with E-state index in [1.165, 1.54) is 12.8 Å². The summed E-state index contributed by atoms with van der Waals surface area (Å²) in [7, 11) is 0. The number of aliphatic carboxylic acids is 1. The Bertz CT molecular complexity index is 1020. The Morgan fingerprint density at radius 1 is 1.28 bits per heavy atom. The van der Waals surface area contributed by atoms with Crippen molar-refractivity contribution in [1.82, 2.24) is 9.78 Å². The van der Waals surface area contributed by atoms with Gasteiger partial charge in [0.1, 0.15) is 12.4 Å². The number of benzene rings is 2. The zero-order valence-electron chi connectivity index (χ0n) is 16.6. The van der Waals surface area contributed by atoms with E-state index in [2.05, 4.69) is 28.0 Å². The molecule has 0 saturated heterocycles. The van der Waals surface area contributed by atoms with Crippen LogP contribution in [0.1, 0.15) is 43.2 Å². The molecule has 0 aliphatic heterocycles. The first-order valence-corrected chi connectivity index (χ1v) is 10.1. The molecule has 0 spiro atoms. The molecule has 5 nitrogen and oxygen atoms in total. The molecule has 1 heterocycles. The summed E-state index contributed by atoms with van der Waals surface area (Å²) in [4.78, 5) is 11.1. The number of allylic oxidation sites excluding steroid dienone is 2. The third kappa shape index (κ3) is 4.67. The molecule has 2 aromatic carbocycles. The molecule has 1 saturated carbocycles. The van der Waals surface area contributed by atoms with Gasteiger partial charge in [-0.1, -0.05) is 36.4 Å². The number of carbonyl (C=O) groups is 1. The summed E-state index contributed by atoms with van der Waals surface area (Å²) in [5.41, 5.74) is 3.25. The second kappa shape index (κ2) is 8.52. The molecule has 1 atom stereocenters. The lowest BCUT2D eigenvalue weighted by atomic mass is 9.95. The predicted molar refractivity (Wildman–Crippen MR) is 113 cm³/mol. The number of aromatic nitrogens is 2. The Labute approximate surface area is 170 Å². The Hall–Kier alpha value is -3.08. The second-order valence-electron chi connectivity index (χ2n) is 7.71. The van der Waals surface area contributed by atoms with Gasteiger partial charge < -0.3 is 9.84 Å². The Balaban J connectivity index is 1.45. The summed E-state index contributed by atoms with van der Waals surface area (Å²) in [5.74, 6) is 0.621. The average molecular weight is 390 g/mol. The van der Waals surface area contributed by atoms with E-state index >= 15 is 0 Å². The van der Waals surface area contributed by atoms with E-state index in [0.29, 0.717) is 6.61 Å². The molecule has 0 bridgehead atoms. The SMILES string of the molecule is CC=C[C@H](CC(=O)O)c1ccc(OCc2cccc3c2cnn3CC2CC2)cc1. The Morgan fingerprint density at radius 2 is 2.07 bits per heavy atom. The summed E-state index contributed by atoms with van der Waals surface area (Å²) in [5, 5.41) is 14.8. The zero-order valence-corrected chi connectivity index (χ0v) is 16.6. The molecule has 29 heavy (non-hydrogen) atoms. The monoisotopic (exact) mass is 390 g/mol. The van der Waals surface area contributed by atoms with Crippen molar-refractivity contribution in [3.63, 3.8) is 0 Å². The quantitative estimate of drug-likeness (QED) is 0.513. The first kappa shape index (κ1) is 19.2. The molecule has 5 heteroatoms. The van der Waals surface area contributed by atoms with Crippen LogP contribution in [0.5, 0.6) is 5.75 Å². The third-order valence-corrected chi connectivity index (χ3v) is 5.43. The highest BCUT2D eigenvalue weighted by molar-refractivity contribution is 5.82. The molecular weight excluding hydrogens is 364 g/mol. The fraction of sp³-hybridized carbons (Fsp3) is 0.333. The van der Waals surface area contributed by atoms with Gasteiger partial charge in [0, 0.05) is 23.4 Å². The highest BCUT2D eigenvalue weighted by Gasteiger charge is 2.23. The van der Waals surface area contributed by atoms with Gasteiger partial charge in [0.05, 0.1) is 18.1 Å². The van der Waals surface area contributed by atoms with Gasteiger partial charge in [0.15, 0.2) is 0 Å². The van der Waals surface area contributed by atoms with Crippen LogP contribution in [0.3, 0.4) is 0 Å². The van der Waals surface area contributed by atoms with Crippen LogP contribution in [-0.2, 0) is 17.9 Å². The van der Waals surface area contributed by atoms with Crippen molar-refractivity contribution in [2.75, 3.05) is 0 Å². The molecule has 1 fully saturated rings. The van der Waals surface area contributed by atoms with Crippen molar-refractivity contribution in [2.45, 2.75) is 45.3 Å². The largest absolute Gasteiger partial charge is 0.489 e. The van der Waals surface area contributed by atoms with Crippen LogP contribution in [0, 0.1) is 5.92 Å². The number of carboxylic acids is 1. The van der Waals surface area contributed by atoms with Crippen LogP contribution in [-0.4, -0.2) is 20.9 Å². The topological polar surface area (TPSA) is 64.3 Å². The van der Waals surface area contributed by atoms with E-state index in [1.807, 2.05) is 49.5 Å². The average Bonchev–Trinajstić information content (AvgIpc) is 3.44. The van der Waals surface area contributed by atoms with E-state index in [4.69, 9.17) is 9.84 Å². The Kier molecular flexibility index (Phi) is 5.65. The normalized spacial score (nSPS) is 15.1. The maximum Gasteiger partial charge on any atom is 0.304 e. The van der Waals surface area contributed by atoms with Crippen molar-refractivity contribution in [2.24, 2.45) is 5.92 Å². The highest BCUT2D eigenvalue weighted by atomic mass is 16.5. The highest BCUT2D eigenvalue weighted by Crippen LogP contribution is 2.32. The number of hydrogen-bond donors (Lipinski definition) is 1. The van der Waals surface area contributed by atoms with E-state index in [0.717, 1.165) is 40.2 Å². The van der Waals surface area contributed by atoms with Crippen LogP contribution in [0.2, 0.25) is 0 Å². The van der Waals surface area contributed by atoms with Crippen molar-refractivity contribution in [3.8, 4) is 5.75 Å². The fourth-order valence-electron chi connectivity index (χ4n) is 3.67. The number of fused-ring (bicyclic) bond motifs is 1. The van der Waals surface area contributed by atoms with Crippen LogP contribution in [0.25, 0.3) is 10.9 Å². The number of nitrogens with zero attached hydrogens (tertiary/aromatic N) is 2. The maximum absolute atomic E-state index is 11.1. The van der Waals surface area contributed by atoms with E-state index in [9.17, 15) is 4.79 Å². The van der Waals surface area contributed by atoms with Crippen LogP contribution in [0.15, 0.2) is 60.8 Å². The molecule has 0 radical (unpaired) electrons. The fourth-order valence-corrected chi connectivity index (χ4v) is 3.67. The molecule has 0 amide bonds. The molecule has 1 aliphatic carbocycles. The van der Waals surface area contributed by atoms with Crippen molar-refractivity contribution in [3.05, 3.63) is 71.9 Å². The van der Waals surface area contributed by atoms with Gasteiger partial charge in [-0.15, -0.1) is 0 Å². The van der Waals surface area contributed by atoms with E-state index in [-0.39, 0.29) is 12.3 Å². The summed E-state index contributed by atoms with van der Waals surface area (Å²) in [6.07, 6.45) is 8.44. The van der Waals surface area contributed by atoms with E-state index in [1.54, 1.807) is 0 Å². The molecule has 150 valence electrons. The Morgan fingerprint density at radius 3 is 2.76 bits per heavy atom. The molecule has 1 aromatic heterocycles. The minimum atomic E-state index is -0.802. The number of hydrogen-bond acceptors (Lipinski definition) is 3. The maximum atomic E-state index is 11.1. The van der Waals surface area contributed by atoms with Crippen LogP contribution in [0.4, 0.5) is 0 Å². The van der Waals surface area contributed by atoms with Crippen LogP contribution < -0.4 is 4.74 Å². The smallest absolute Gasteiger partial charge is 0.304 e. The molecule has 0 unspecified atom stereocenters. The first-order chi connectivity index (χ1) is 14.1. The predicted octanol–water partition coefficient (Wildman–Crippen LogP) is 5.16. The van der Waals surface area contributed by atoms with Gasteiger partial charge in [0.2, 0.25) is 0 Å². The lowest BCUT2D eigenvalue weighted by molar-refractivity contribution is -0.137. The van der Waals surface area contributed by atoms with E-state index < -0.39 is 5.97 Å². The second-order valence-corrected chi connectivity index (χ2v) is 7.71. The van der Waals surface area contributed by atoms with Crippen LogP contribution >= 0.6 is 0 Å². The third-order valence-electron chi connectivity index (χ3n) is 5.43.